The van der Waals surface area contributed by atoms with Crippen molar-refractivity contribution in [1.29, 1.82) is 0 Å². The molecule has 0 radical (unpaired) electrons. The minimum absolute atomic E-state index is 0.0241. The minimum atomic E-state index is -4.29. The third-order valence-electron chi connectivity index (χ3n) is 2.53. The number of aliphatic hydroxyl groups is 1. The van der Waals surface area contributed by atoms with E-state index < -0.39 is 20.3 Å². The van der Waals surface area contributed by atoms with Gasteiger partial charge < -0.3 is 25.4 Å². The highest BCUT2D eigenvalue weighted by molar-refractivity contribution is 7.55. The molecule has 0 bridgehead atoms. The van der Waals surface area contributed by atoms with Crippen LogP contribution in [0.4, 0.5) is 5.82 Å². The first kappa shape index (κ1) is 15.5. The van der Waals surface area contributed by atoms with Crippen molar-refractivity contribution in [3.63, 3.8) is 0 Å². The number of imidazole rings is 1. The Bertz CT molecular complexity index is 696. The molecule has 0 amide bonds. The molecule has 2 aromatic rings. The molecule has 5 N–H and O–H groups in total. The quantitative estimate of drug-likeness (QED) is 0.512. The van der Waals surface area contributed by atoms with Gasteiger partial charge >= 0.3 is 7.60 Å². The van der Waals surface area contributed by atoms with Gasteiger partial charge in [0.1, 0.15) is 24.7 Å². The molecule has 114 valence electrons. The molecular weight excluding hydrogens is 301 g/mol. The Kier molecular flexibility index (Phi) is 4.66. The van der Waals surface area contributed by atoms with E-state index in [4.69, 9.17) is 25.4 Å². The summed E-state index contributed by atoms with van der Waals surface area (Å²) >= 11 is 0. The van der Waals surface area contributed by atoms with Gasteiger partial charge in [0.2, 0.25) is 0 Å². The highest BCUT2D eigenvalue weighted by atomic mass is 31.2. The van der Waals surface area contributed by atoms with Crippen molar-refractivity contribution < 1.29 is 24.2 Å². The molecule has 11 heteroatoms. The van der Waals surface area contributed by atoms with Gasteiger partial charge in [-0.15, -0.1) is 0 Å². The molecule has 0 aromatic carbocycles. The molecule has 2 heterocycles. The number of fused-ring (bicyclic) bond motifs is 1. The molecule has 10 nitrogen and oxygen atoms in total. The molecule has 2 rings (SSSR count). The van der Waals surface area contributed by atoms with Crippen molar-refractivity contribution in [2.24, 2.45) is 0 Å². The van der Waals surface area contributed by atoms with E-state index in [9.17, 15) is 4.57 Å². The number of nitrogens with two attached hydrogens (primary N) is 1. The molecule has 21 heavy (non-hydrogen) atoms. The van der Waals surface area contributed by atoms with Crippen molar-refractivity contribution in [3.05, 3.63) is 24.5 Å². The minimum Gasteiger partial charge on any atom is -0.393 e. The smallest absolute Gasteiger partial charge is 0.348 e. The number of nitrogens with zero attached hydrogens (tertiary/aromatic N) is 4. The van der Waals surface area contributed by atoms with Gasteiger partial charge in [0.05, 0.1) is 12.9 Å². The maximum atomic E-state index is 10.7. The summed E-state index contributed by atoms with van der Waals surface area (Å²) in [5, 5.41) is 9.11. The van der Waals surface area contributed by atoms with E-state index in [2.05, 4.69) is 15.0 Å². The van der Waals surface area contributed by atoms with Crippen molar-refractivity contribution in [2.75, 3.05) is 12.3 Å². The van der Waals surface area contributed by atoms with E-state index in [0.717, 1.165) is 6.08 Å². The van der Waals surface area contributed by atoms with Gasteiger partial charge in [-0.25, -0.2) is 15.0 Å². The largest absolute Gasteiger partial charge is 0.393 e. The second-order valence-corrected chi connectivity index (χ2v) is 5.57. The highest BCUT2D eigenvalue weighted by Gasteiger charge is 2.12. The van der Waals surface area contributed by atoms with Gasteiger partial charge in [-0.1, -0.05) is 0 Å². The fraction of sp³-hybridized carbons (Fsp3) is 0.300. The van der Waals surface area contributed by atoms with Crippen LogP contribution in [0.2, 0.25) is 0 Å². The maximum Gasteiger partial charge on any atom is 0.348 e. The highest BCUT2D eigenvalue weighted by Crippen LogP contribution is 2.36. The summed E-state index contributed by atoms with van der Waals surface area (Å²) in [6, 6.07) is 0. The number of hydrogen-bond donors (Lipinski definition) is 4. The number of rotatable bonds is 6. The Hall–Kier alpha value is -1.84. The van der Waals surface area contributed by atoms with E-state index >= 15 is 0 Å². The molecule has 1 unspecified atom stereocenters. The topological polar surface area (TPSA) is 157 Å². The second kappa shape index (κ2) is 6.29. The van der Waals surface area contributed by atoms with E-state index in [0.29, 0.717) is 17.0 Å². The Labute approximate surface area is 119 Å². The molecule has 1 atom stereocenters. The summed E-state index contributed by atoms with van der Waals surface area (Å²) in [6.07, 6.45) is 2.96. The van der Waals surface area contributed by atoms with E-state index in [-0.39, 0.29) is 12.5 Å². The average Bonchev–Trinajstić information content (AvgIpc) is 2.83. The fourth-order valence-corrected chi connectivity index (χ4v) is 1.96. The van der Waals surface area contributed by atoms with Crippen molar-refractivity contribution in [3.8, 4) is 0 Å². The van der Waals surface area contributed by atoms with Crippen LogP contribution in [-0.4, -0.2) is 47.1 Å². The van der Waals surface area contributed by atoms with Gasteiger partial charge in [0, 0.05) is 5.82 Å². The predicted octanol–water partition coefficient (Wildman–Crippen LogP) is -0.565. The first-order chi connectivity index (χ1) is 9.90. The van der Waals surface area contributed by atoms with Crippen LogP contribution < -0.4 is 5.73 Å². The Morgan fingerprint density at radius 1 is 1.43 bits per heavy atom. The van der Waals surface area contributed by atoms with Gasteiger partial charge in [0.25, 0.3) is 0 Å². The van der Waals surface area contributed by atoms with Crippen LogP contribution in [0.25, 0.3) is 11.2 Å². The molecule has 2 aromatic heterocycles. The first-order valence-corrected chi connectivity index (χ1v) is 7.47. The molecular formula is C10H14N5O5P. The second-order valence-electron chi connectivity index (χ2n) is 4.09. The molecule has 0 saturated carbocycles. The SMILES string of the molecule is Nc1ncnc2c1ncn2COC(C=CP(=O)(O)O)CO. The number of hydrogen-bond acceptors (Lipinski definition) is 7. The Balaban J connectivity index is 2.08. The number of anilines is 1. The Morgan fingerprint density at radius 2 is 2.19 bits per heavy atom. The summed E-state index contributed by atoms with van der Waals surface area (Å²) < 4.78 is 17.6. The Morgan fingerprint density at radius 3 is 2.86 bits per heavy atom. The van der Waals surface area contributed by atoms with Crippen LogP contribution in [0.3, 0.4) is 0 Å². The van der Waals surface area contributed by atoms with Crippen molar-refractivity contribution in [2.45, 2.75) is 12.8 Å². The zero-order chi connectivity index (χ0) is 15.5. The van der Waals surface area contributed by atoms with Gasteiger partial charge in [-0.3, -0.25) is 9.13 Å². The summed E-state index contributed by atoms with van der Waals surface area (Å²) in [5.74, 6) is 0.916. The molecule has 0 aliphatic heterocycles. The first-order valence-electron chi connectivity index (χ1n) is 5.79. The zero-order valence-electron chi connectivity index (χ0n) is 10.8. The lowest BCUT2D eigenvalue weighted by Crippen LogP contribution is -2.17. The molecule has 0 spiro atoms. The van der Waals surface area contributed by atoms with E-state index in [1.807, 2.05) is 0 Å². The fourth-order valence-electron chi connectivity index (χ4n) is 1.55. The van der Waals surface area contributed by atoms with Crippen LogP contribution in [0.5, 0.6) is 0 Å². The van der Waals surface area contributed by atoms with Gasteiger partial charge in [0.15, 0.2) is 11.5 Å². The van der Waals surface area contributed by atoms with Gasteiger partial charge in [-0.05, 0) is 6.08 Å². The number of ether oxygens (including phenoxy) is 1. The van der Waals surface area contributed by atoms with Crippen LogP contribution in [-0.2, 0) is 16.0 Å². The van der Waals surface area contributed by atoms with Crippen LogP contribution in [0, 0.1) is 0 Å². The number of aliphatic hydroxyl groups excluding tert-OH is 1. The molecule has 0 saturated heterocycles. The summed E-state index contributed by atoms with van der Waals surface area (Å²) in [6.45, 7) is -0.454. The normalized spacial score (nSPS) is 14.0. The third-order valence-corrected chi connectivity index (χ3v) is 3.09. The van der Waals surface area contributed by atoms with Crippen LogP contribution >= 0.6 is 7.60 Å². The molecule has 0 aliphatic carbocycles. The lowest BCUT2D eigenvalue weighted by molar-refractivity contribution is 0.00468. The monoisotopic (exact) mass is 315 g/mol. The number of aromatic nitrogens is 4. The molecule has 0 aliphatic rings. The van der Waals surface area contributed by atoms with Gasteiger partial charge in [-0.2, -0.15) is 0 Å². The predicted molar refractivity (Wildman–Crippen MR) is 72.9 cm³/mol. The van der Waals surface area contributed by atoms with Crippen LogP contribution in [0.1, 0.15) is 0 Å². The molecule has 0 fully saturated rings. The summed E-state index contributed by atoms with van der Waals surface area (Å²) in [5.41, 5.74) is 6.52. The van der Waals surface area contributed by atoms with Crippen molar-refractivity contribution in [1.82, 2.24) is 19.5 Å². The van der Waals surface area contributed by atoms with E-state index in [1.165, 1.54) is 17.2 Å². The number of nitrogen functional groups attached to an aromatic ring is 1. The standard InChI is InChI=1S/C10H14N5O5P/c11-9-8-10(13-4-12-9)15(5-14-8)6-20-7(3-16)1-2-21(17,18)19/h1-2,4-5,7,16H,3,6H2,(H2,11,12,13)(H2,17,18,19). The lowest BCUT2D eigenvalue weighted by Gasteiger charge is -2.12. The maximum absolute atomic E-state index is 10.7. The van der Waals surface area contributed by atoms with Crippen molar-refractivity contribution >= 4 is 24.6 Å². The van der Waals surface area contributed by atoms with E-state index in [1.54, 1.807) is 0 Å². The average molecular weight is 315 g/mol. The summed E-state index contributed by atoms with van der Waals surface area (Å²) in [4.78, 5) is 29.3. The lowest BCUT2D eigenvalue weighted by atomic mass is 10.4. The van der Waals surface area contributed by atoms with Crippen LogP contribution in [0.15, 0.2) is 24.5 Å². The zero-order valence-corrected chi connectivity index (χ0v) is 11.7. The third kappa shape index (κ3) is 4.06. The summed E-state index contributed by atoms with van der Waals surface area (Å²) in [7, 11) is -4.29.